The predicted molar refractivity (Wildman–Crippen MR) is 81.7 cm³/mol. The monoisotopic (exact) mass is 307 g/mol. The molecule has 7 heteroatoms. The van der Waals surface area contributed by atoms with E-state index in [4.69, 9.17) is 11.6 Å². The number of thioether (sulfide) groups is 1. The molecule has 0 aliphatic heterocycles. The summed E-state index contributed by atoms with van der Waals surface area (Å²) in [5, 5.41) is 13.5. The molecular weight excluding hydrogens is 298 g/mol. The van der Waals surface area contributed by atoms with Crippen molar-refractivity contribution in [3.63, 3.8) is 0 Å². The summed E-state index contributed by atoms with van der Waals surface area (Å²) in [7, 11) is 0. The molecule has 0 bridgehead atoms. The first kappa shape index (κ1) is 13.2. The standard InChI is InChI=1S/C13H10ClN3O2S/c1-2-20-13-9(14)5-8-7-3-4-15-6-10(7)16-11(8)12(13)17(18)19/h3-6,16H,2H2,1H3. The number of nitrogens with one attached hydrogen (secondary N) is 1. The summed E-state index contributed by atoms with van der Waals surface area (Å²) in [6, 6.07) is 3.60. The number of aromatic amines is 1. The van der Waals surface area contributed by atoms with Gasteiger partial charge in [0.15, 0.2) is 0 Å². The minimum Gasteiger partial charge on any atom is -0.348 e. The van der Waals surface area contributed by atoms with Gasteiger partial charge in [-0.1, -0.05) is 18.5 Å². The second-order valence-corrected chi connectivity index (χ2v) is 5.88. The molecule has 5 nitrogen and oxygen atoms in total. The fraction of sp³-hybridized carbons (Fsp3) is 0.154. The lowest BCUT2D eigenvalue weighted by molar-refractivity contribution is -0.386. The number of hydrogen-bond acceptors (Lipinski definition) is 4. The topological polar surface area (TPSA) is 71.8 Å². The smallest absolute Gasteiger partial charge is 0.308 e. The van der Waals surface area contributed by atoms with Gasteiger partial charge < -0.3 is 4.98 Å². The number of nitro benzene ring substituents is 1. The lowest BCUT2D eigenvalue weighted by Gasteiger charge is -2.05. The molecule has 0 unspecified atom stereocenters. The Labute approximate surface area is 123 Å². The van der Waals surface area contributed by atoms with Crippen LogP contribution in [0.1, 0.15) is 6.92 Å². The molecule has 0 atom stereocenters. The van der Waals surface area contributed by atoms with Crippen LogP contribution in [0.25, 0.3) is 21.8 Å². The summed E-state index contributed by atoms with van der Waals surface area (Å²) >= 11 is 7.61. The number of fused-ring (bicyclic) bond motifs is 3. The van der Waals surface area contributed by atoms with Crippen LogP contribution >= 0.6 is 23.4 Å². The number of pyridine rings is 1. The van der Waals surface area contributed by atoms with Crippen molar-refractivity contribution < 1.29 is 4.92 Å². The fourth-order valence-electron chi connectivity index (χ4n) is 2.28. The van der Waals surface area contributed by atoms with E-state index in [-0.39, 0.29) is 10.6 Å². The van der Waals surface area contributed by atoms with Crippen LogP contribution in [0.4, 0.5) is 5.69 Å². The van der Waals surface area contributed by atoms with Crippen LogP contribution in [0.5, 0.6) is 0 Å². The van der Waals surface area contributed by atoms with Gasteiger partial charge in [0.1, 0.15) is 10.4 Å². The van der Waals surface area contributed by atoms with Gasteiger partial charge in [-0.3, -0.25) is 15.1 Å². The van der Waals surface area contributed by atoms with E-state index in [1.165, 1.54) is 11.8 Å². The highest BCUT2D eigenvalue weighted by Crippen LogP contribution is 2.43. The average Bonchev–Trinajstić information content (AvgIpc) is 2.77. The molecule has 0 saturated carbocycles. The van der Waals surface area contributed by atoms with Crippen molar-refractivity contribution in [3.8, 4) is 0 Å². The Morgan fingerprint density at radius 1 is 1.50 bits per heavy atom. The fourth-order valence-corrected chi connectivity index (χ4v) is 3.44. The summed E-state index contributed by atoms with van der Waals surface area (Å²) in [6.07, 6.45) is 3.31. The molecule has 3 rings (SSSR count). The van der Waals surface area contributed by atoms with Crippen molar-refractivity contribution in [2.24, 2.45) is 0 Å². The third kappa shape index (κ3) is 1.92. The quantitative estimate of drug-likeness (QED) is 0.442. The summed E-state index contributed by atoms with van der Waals surface area (Å²) in [4.78, 5) is 18.7. The summed E-state index contributed by atoms with van der Waals surface area (Å²) in [6.45, 7) is 1.93. The highest BCUT2D eigenvalue weighted by atomic mass is 35.5. The minimum atomic E-state index is -0.380. The van der Waals surface area contributed by atoms with Crippen LogP contribution < -0.4 is 0 Å². The van der Waals surface area contributed by atoms with Crippen LogP contribution in [0, 0.1) is 10.1 Å². The predicted octanol–water partition coefficient (Wildman–Crippen LogP) is 4.39. The zero-order valence-electron chi connectivity index (χ0n) is 10.5. The Balaban J connectivity index is 2.48. The van der Waals surface area contributed by atoms with E-state index in [9.17, 15) is 10.1 Å². The van der Waals surface area contributed by atoms with Gasteiger partial charge in [-0.15, -0.1) is 11.8 Å². The van der Waals surface area contributed by atoms with Crippen LogP contribution in [0.2, 0.25) is 5.02 Å². The molecule has 20 heavy (non-hydrogen) atoms. The maximum absolute atomic E-state index is 11.4. The molecule has 0 radical (unpaired) electrons. The van der Waals surface area contributed by atoms with Gasteiger partial charge in [0.2, 0.25) is 0 Å². The van der Waals surface area contributed by atoms with E-state index in [1.54, 1.807) is 18.5 Å². The maximum Gasteiger partial charge on any atom is 0.308 e. The molecule has 0 saturated heterocycles. The minimum absolute atomic E-state index is 0.0375. The molecule has 0 aliphatic carbocycles. The van der Waals surface area contributed by atoms with E-state index >= 15 is 0 Å². The van der Waals surface area contributed by atoms with Gasteiger partial charge in [-0.2, -0.15) is 0 Å². The summed E-state index contributed by atoms with van der Waals surface area (Å²) in [5.41, 5.74) is 1.30. The highest BCUT2D eigenvalue weighted by Gasteiger charge is 2.24. The van der Waals surface area contributed by atoms with Gasteiger partial charge >= 0.3 is 5.69 Å². The first-order valence-corrected chi connectivity index (χ1v) is 7.35. The van der Waals surface area contributed by atoms with Crippen molar-refractivity contribution in [3.05, 3.63) is 39.7 Å². The number of nitro groups is 1. The Morgan fingerprint density at radius 3 is 3.00 bits per heavy atom. The van der Waals surface area contributed by atoms with Crippen LogP contribution in [-0.2, 0) is 0 Å². The number of hydrogen-bond donors (Lipinski definition) is 1. The van der Waals surface area contributed by atoms with E-state index < -0.39 is 0 Å². The maximum atomic E-state index is 11.4. The van der Waals surface area contributed by atoms with Crippen molar-refractivity contribution in [2.75, 3.05) is 5.75 Å². The van der Waals surface area contributed by atoms with Crippen LogP contribution in [-0.4, -0.2) is 20.6 Å². The Hall–Kier alpha value is -1.79. The molecule has 0 fully saturated rings. The second kappa shape index (κ2) is 4.96. The number of halogens is 1. The van der Waals surface area contributed by atoms with E-state index in [1.807, 2.05) is 13.0 Å². The third-order valence-corrected chi connectivity index (χ3v) is 4.45. The van der Waals surface area contributed by atoms with Crippen molar-refractivity contribution in [1.82, 2.24) is 9.97 Å². The molecule has 2 aromatic heterocycles. The number of aromatic nitrogens is 2. The normalized spacial score (nSPS) is 11.3. The molecule has 102 valence electrons. The highest BCUT2D eigenvalue weighted by molar-refractivity contribution is 7.99. The van der Waals surface area contributed by atoms with Gasteiger partial charge in [0, 0.05) is 17.0 Å². The van der Waals surface area contributed by atoms with Crippen LogP contribution in [0.3, 0.4) is 0 Å². The lowest BCUT2D eigenvalue weighted by atomic mass is 10.1. The zero-order chi connectivity index (χ0) is 14.3. The molecule has 2 heterocycles. The van der Waals surface area contributed by atoms with E-state index in [2.05, 4.69) is 9.97 Å². The molecule has 1 aromatic carbocycles. The van der Waals surface area contributed by atoms with Crippen molar-refractivity contribution in [1.29, 1.82) is 0 Å². The second-order valence-electron chi connectivity index (χ2n) is 4.20. The van der Waals surface area contributed by atoms with E-state index in [0.29, 0.717) is 21.2 Å². The Morgan fingerprint density at radius 2 is 2.30 bits per heavy atom. The first-order chi connectivity index (χ1) is 9.63. The summed E-state index contributed by atoms with van der Waals surface area (Å²) in [5.74, 6) is 0.716. The number of H-pyrrole nitrogens is 1. The van der Waals surface area contributed by atoms with Gasteiger partial charge in [-0.25, -0.2) is 0 Å². The Kier molecular flexibility index (Phi) is 3.27. The summed E-state index contributed by atoms with van der Waals surface area (Å²) < 4.78 is 0. The van der Waals surface area contributed by atoms with Crippen molar-refractivity contribution >= 4 is 50.9 Å². The average molecular weight is 308 g/mol. The molecular formula is C13H10ClN3O2S. The molecule has 0 aliphatic rings. The SMILES string of the molecule is CCSc1c(Cl)cc2c([nH]c3cnccc32)c1[N+](=O)[O-]. The number of nitrogens with zero attached hydrogens (tertiary/aromatic N) is 2. The van der Waals surface area contributed by atoms with Crippen molar-refractivity contribution in [2.45, 2.75) is 11.8 Å². The first-order valence-electron chi connectivity index (χ1n) is 5.98. The zero-order valence-corrected chi connectivity index (χ0v) is 12.1. The van der Waals surface area contributed by atoms with Crippen LogP contribution in [0.15, 0.2) is 29.4 Å². The largest absolute Gasteiger partial charge is 0.348 e. The van der Waals surface area contributed by atoms with Gasteiger partial charge in [0.25, 0.3) is 0 Å². The van der Waals surface area contributed by atoms with Gasteiger partial charge in [0.05, 0.1) is 21.7 Å². The Bertz CT molecular complexity index is 831. The van der Waals surface area contributed by atoms with Gasteiger partial charge in [-0.05, 0) is 17.9 Å². The third-order valence-electron chi connectivity index (χ3n) is 3.05. The molecule has 1 N–H and O–H groups in total. The molecule has 0 amide bonds. The molecule has 0 spiro atoms. The van der Waals surface area contributed by atoms with E-state index in [0.717, 1.165) is 16.3 Å². The lowest BCUT2D eigenvalue weighted by Crippen LogP contribution is -1.93. The molecule has 3 aromatic rings. The number of benzene rings is 1. The number of rotatable bonds is 3.